The molecule has 1 aromatic carbocycles. The van der Waals surface area contributed by atoms with Crippen molar-refractivity contribution in [3.8, 4) is 0 Å². The second-order valence-electron chi connectivity index (χ2n) is 4.61. The molecule has 0 radical (unpaired) electrons. The van der Waals surface area contributed by atoms with Crippen LogP contribution in [0.2, 0.25) is 0 Å². The molecule has 18 heavy (non-hydrogen) atoms. The van der Waals surface area contributed by atoms with E-state index in [1.165, 1.54) is 0 Å². The zero-order valence-corrected chi connectivity index (χ0v) is 10.9. The molecule has 0 bridgehead atoms. The van der Waals surface area contributed by atoms with Crippen molar-refractivity contribution in [2.75, 3.05) is 26.8 Å². The molecule has 2 atom stereocenters. The van der Waals surface area contributed by atoms with Crippen LogP contribution in [0.5, 0.6) is 0 Å². The number of carbonyl (C=O) groups is 1. The first kappa shape index (κ1) is 13.1. The van der Waals surface area contributed by atoms with E-state index in [0.717, 1.165) is 12.1 Å². The Morgan fingerprint density at radius 2 is 2.17 bits per heavy atom. The molecule has 4 heteroatoms. The number of hydrogen-bond donors (Lipinski definition) is 1. The summed E-state index contributed by atoms with van der Waals surface area (Å²) in [5.41, 5.74) is 1.16. The molecule has 1 aliphatic rings. The summed E-state index contributed by atoms with van der Waals surface area (Å²) in [6.45, 7) is 3.62. The SMILES string of the molecule is CNCC1COCC(=O)N1C(C)c1ccccc1. The largest absolute Gasteiger partial charge is 0.369 e. The van der Waals surface area contributed by atoms with Crippen molar-refractivity contribution in [1.29, 1.82) is 0 Å². The van der Waals surface area contributed by atoms with Gasteiger partial charge in [0.2, 0.25) is 5.91 Å². The van der Waals surface area contributed by atoms with Gasteiger partial charge in [-0.25, -0.2) is 0 Å². The molecule has 1 aromatic rings. The van der Waals surface area contributed by atoms with Crippen molar-refractivity contribution in [2.24, 2.45) is 0 Å². The van der Waals surface area contributed by atoms with Crippen molar-refractivity contribution >= 4 is 5.91 Å². The van der Waals surface area contributed by atoms with Gasteiger partial charge in [-0.15, -0.1) is 0 Å². The van der Waals surface area contributed by atoms with E-state index in [4.69, 9.17) is 4.74 Å². The van der Waals surface area contributed by atoms with E-state index < -0.39 is 0 Å². The highest BCUT2D eigenvalue weighted by Crippen LogP contribution is 2.24. The molecule has 1 fully saturated rings. The Hall–Kier alpha value is -1.39. The van der Waals surface area contributed by atoms with Crippen LogP contribution in [0.1, 0.15) is 18.5 Å². The van der Waals surface area contributed by atoms with Crippen LogP contribution in [-0.2, 0) is 9.53 Å². The molecule has 1 aliphatic heterocycles. The third-order valence-electron chi connectivity index (χ3n) is 3.36. The molecule has 2 rings (SSSR count). The Kier molecular flexibility index (Phi) is 4.33. The Balaban J connectivity index is 2.19. The van der Waals surface area contributed by atoms with E-state index in [2.05, 4.69) is 24.4 Å². The molecular formula is C14H20N2O2. The summed E-state index contributed by atoms with van der Waals surface area (Å²) in [5, 5.41) is 3.12. The molecule has 1 amide bonds. The van der Waals surface area contributed by atoms with Gasteiger partial charge < -0.3 is 15.0 Å². The minimum Gasteiger partial charge on any atom is -0.369 e. The number of likely N-dealkylation sites (N-methyl/N-ethyl adjacent to an activating group) is 1. The van der Waals surface area contributed by atoms with E-state index in [0.29, 0.717) is 6.61 Å². The maximum absolute atomic E-state index is 12.1. The highest BCUT2D eigenvalue weighted by molar-refractivity contribution is 5.79. The Labute approximate surface area is 108 Å². The van der Waals surface area contributed by atoms with E-state index in [9.17, 15) is 4.79 Å². The van der Waals surface area contributed by atoms with Crippen molar-refractivity contribution in [3.05, 3.63) is 35.9 Å². The number of ether oxygens (including phenoxy) is 1. The lowest BCUT2D eigenvalue weighted by Gasteiger charge is -2.39. The summed E-state index contributed by atoms with van der Waals surface area (Å²) >= 11 is 0. The summed E-state index contributed by atoms with van der Waals surface area (Å²) in [6, 6.07) is 10.3. The van der Waals surface area contributed by atoms with Gasteiger partial charge in [0.05, 0.1) is 18.7 Å². The maximum Gasteiger partial charge on any atom is 0.249 e. The highest BCUT2D eigenvalue weighted by Gasteiger charge is 2.32. The molecule has 0 spiro atoms. The van der Waals surface area contributed by atoms with Gasteiger partial charge in [0.1, 0.15) is 6.61 Å². The number of amides is 1. The number of rotatable bonds is 4. The second-order valence-corrected chi connectivity index (χ2v) is 4.61. The molecule has 4 nitrogen and oxygen atoms in total. The average Bonchev–Trinajstić information content (AvgIpc) is 2.40. The van der Waals surface area contributed by atoms with Crippen LogP contribution in [0, 0.1) is 0 Å². The smallest absolute Gasteiger partial charge is 0.249 e. The van der Waals surface area contributed by atoms with Crippen molar-refractivity contribution in [3.63, 3.8) is 0 Å². The van der Waals surface area contributed by atoms with Gasteiger partial charge in [-0.3, -0.25) is 4.79 Å². The van der Waals surface area contributed by atoms with Gasteiger partial charge in [0, 0.05) is 6.54 Å². The standard InChI is InChI=1S/C14H20N2O2/c1-11(12-6-4-3-5-7-12)16-13(8-15-2)9-18-10-14(16)17/h3-7,11,13,15H,8-10H2,1-2H3. The molecule has 0 aromatic heterocycles. The zero-order chi connectivity index (χ0) is 13.0. The van der Waals surface area contributed by atoms with Gasteiger partial charge in [-0.2, -0.15) is 0 Å². The monoisotopic (exact) mass is 248 g/mol. The van der Waals surface area contributed by atoms with E-state index in [-0.39, 0.29) is 24.6 Å². The van der Waals surface area contributed by atoms with Crippen LogP contribution in [0.3, 0.4) is 0 Å². The minimum atomic E-state index is 0.0675. The molecule has 98 valence electrons. The summed E-state index contributed by atoms with van der Waals surface area (Å²) in [6.07, 6.45) is 0. The van der Waals surface area contributed by atoms with Crippen molar-refractivity contribution in [2.45, 2.75) is 19.0 Å². The minimum absolute atomic E-state index is 0.0675. The van der Waals surface area contributed by atoms with E-state index in [1.54, 1.807) is 0 Å². The van der Waals surface area contributed by atoms with Gasteiger partial charge in [-0.1, -0.05) is 30.3 Å². The second kappa shape index (κ2) is 5.98. The summed E-state index contributed by atoms with van der Waals surface area (Å²) < 4.78 is 5.33. The first-order valence-electron chi connectivity index (χ1n) is 6.32. The third-order valence-corrected chi connectivity index (χ3v) is 3.36. The first-order chi connectivity index (χ1) is 8.74. The lowest BCUT2D eigenvalue weighted by molar-refractivity contribution is -0.151. The van der Waals surface area contributed by atoms with E-state index >= 15 is 0 Å². The molecule has 1 heterocycles. The Morgan fingerprint density at radius 3 is 2.83 bits per heavy atom. The van der Waals surface area contributed by atoms with Crippen molar-refractivity contribution in [1.82, 2.24) is 10.2 Å². The van der Waals surface area contributed by atoms with Crippen LogP contribution in [0.4, 0.5) is 0 Å². The zero-order valence-electron chi connectivity index (χ0n) is 10.9. The van der Waals surface area contributed by atoms with Crippen LogP contribution in [0.25, 0.3) is 0 Å². The average molecular weight is 248 g/mol. The summed E-state index contributed by atoms with van der Waals surface area (Å²) in [4.78, 5) is 14.0. The molecule has 1 saturated heterocycles. The Bertz CT molecular complexity index is 392. The van der Waals surface area contributed by atoms with Crippen LogP contribution < -0.4 is 5.32 Å². The quantitative estimate of drug-likeness (QED) is 0.870. The number of hydrogen-bond acceptors (Lipinski definition) is 3. The Morgan fingerprint density at radius 1 is 1.44 bits per heavy atom. The number of nitrogens with zero attached hydrogens (tertiary/aromatic N) is 1. The molecule has 0 saturated carbocycles. The summed E-state index contributed by atoms with van der Waals surface area (Å²) in [7, 11) is 1.89. The van der Waals surface area contributed by atoms with Gasteiger partial charge in [-0.05, 0) is 19.5 Å². The number of carbonyl (C=O) groups excluding carboxylic acids is 1. The first-order valence-corrected chi connectivity index (χ1v) is 6.32. The molecule has 0 aliphatic carbocycles. The lowest BCUT2D eigenvalue weighted by Crippen LogP contribution is -2.53. The fraction of sp³-hybridized carbons (Fsp3) is 0.500. The number of nitrogens with one attached hydrogen (secondary N) is 1. The predicted octanol–water partition coefficient (Wildman–Crippen LogP) is 1.19. The fourth-order valence-corrected chi connectivity index (χ4v) is 2.46. The third kappa shape index (κ3) is 2.71. The lowest BCUT2D eigenvalue weighted by atomic mass is 10.0. The number of benzene rings is 1. The van der Waals surface area contributed by atoms with Gasteiger partial charge in [0.15, 0.2) is 0 Å². The molecular weight excluding hydrogens is 228 g/mol. The summed E-state index contributed by atoms with van der Waals surface area (Å²) in [5.74, 6) is 0.0675. The van der Waals surface area contributed by atoms with E-state index in [1.807, 2.05) is 30.1 Å². The van der Waals surface area contributed by atoms with Crippen LogP contribution in [0.15, 0.2) is 30.3 Å². The van der Waals surface area contributed by atoms with Crippen LogP contribution >= 0.6 is 0 Å². The topological polar surface area (TPSA) is 41.6 Å². The number of morpholine rings is 1. The predicted molar refractivity (Wildman–Crippen MR) is 70.2 cm³/mol. The fourth-order valence-electron chi connectivity index (χ4n) is 2.46. The maximum atomic E-state index is 12.1. The molecule has 2 unspecified atom stereocenters. The highest BCUT2D eigenvalue weighted by atomic mass is 16.5. The van der Waals surface area contributed by atoms with Crippen molar-refractivity contribution < 1.29 is 9.53 Å². The van der Waals surface area contributed by atoms with Gasteiger partial charge >= 0.3 is 0 Å². The van der Waals surface area contributed by atoms with Crippen LogP contribution in [-0.4, -0.2) is 43.7 Å². The van der Waals surface area contributed by atoms with Gasteiger partial charge in [0.25, 0.3) is 0 Å². The molecule has 1 N–H and O–H groups in total. The normalized spacial score (nSPS) is 22.0.